The van der Waals surface area contributed by atoms with E-state index in [9.17, 15) is 19.7 Å². The molecule has 0 aliphatic carbocycles. The van der Waals surface area contributed by atoms with E-state index in [1.807, 2.05) is 4.90 Å². The number of ether oxygens (including phenoxy) is 1. The van der Waals surface area contributed by atoms with Crippen LogP contribution in [0.5, 0.6) is 0 Å². The molecule has 2 aliphatic heterocycles. The fraction of sp³-hybridized carbons (Fsp3) is 0.368. The molecule has 1 saturated heterocycles. The second kappa shape index (κ2) is 8.14. The van der Waals surface area contributed by atoms with Crippen molar-refractivity contribution >= 4 is 40.8 Å². The standard InChI is InChI=1S/C19H21N7O5/c1-10-8-11(26(29)30)2-3-13(10)21-18(28)12-9-14(27)22-17-15(12)16(20)23-19(24-17)25-4-6-31-7-5-25/h2-3,8,12H,4-7,9H2,1H3,(H,21,28)(H3,20,22,23,24,27)/t12-/m1/s1. The molecule has 12 nitrogen and oxygen atoms in total. The number of nitrogens with two attached hydrogens (primary N) is 1. The van der Waals surface area contributed by atoms with Gasteiger partial charge in [0.05, 0.1) is 29.6 Å². The van der Waals surface area contributed by atoms with Gasteiger partial charge in [0.25, 0.3) is 5.69 Å². The van der Waals surface area contributed by atoms with Crippen LogP contribution in [0.4, 0.5) is 29.0 Å². The van der Waals surface area contributed by atoms with Gasteiger partial charge >= 0.3 is 0 Å². The lowest BCUT2D eigenvalue weighted by Gasteiger charge is -2.30. The molecule has 0 radical (unpaired) electrons. The number of carbonyl (C=O) groups is 2. The highest BCUT2D eigenvalue weighted by Crippen LogP contribution is 2.37. The predicted octanol–water partition coefficient (Wildman–Crippen LogP) is 1.18. The number of aryl methyl sites for hydroxylation is 1. The van der Waals surface area contributed by atoms with Crippen LogP contribution in [0, 0.1) is 17.0 Å². The summed E-state index contributed by atoms with van der Waals surface area (Å²) in [6, 6.07) is 4.12. The number of morpholine rings is 1. The Morgan fingerprint density at radius 3 is 2.77 bits per heavy atom. The lowest BCUT2D eigenvalue weighted by atomic mass is 9.91. The molecular weight excluding hydrogens is 406 g/mol. The number of nitrogens with zero attached hydrogens (tertiary/aromatic N) is 4. The maximum absolute atomic E-state index is 13.0. The molecule has 1 fully saturated rings. The van der Waals surface area contributed by atoms with Crippen LogP contribution in [-0.4, -0.2) is 53.0 Å². The Labute approximate surface area is 176 Å². The molecule has 0 bridgehead atoms. The van der Waals surface area contributed by atoms with Crippen molar-refractivity contribution in [3.05, 3.63) is 39.4 Å². The maximum Gasteiger partial charge on any atom is 0.269 e. The van der Waals surface area contributed by atoms with E-state index in [-0.39, 0.29) is 29.7 Å². The SMILES string of the molecule is Cc1cc([N+](=O)[O-])ccc1NC(=O)[C@@H]1CC(=O)Nc2nc(N3CCOCC3)nc(N)c21. The molecule has 12 heteroatoms. The quantitative estimate of drug-likeness (QED) is 0.479. The first-order valence-electron chi connectivity index (χ1n) is 9.69. The Hall–Kier alpha value is -3.80. The molecule has 0 saturated carbocycles. The predicted molar refractivity (Wildman–Crippen MR) is 112 cm³/mol. The van der Waals surface area contributed by atoms with Gasteiger partial charge in [-0.15, -0.1) is 0 Å². The molecular formula is C19H21N7O5. The molecule has 0 spiro atoms. The minimum absolute atomic E-state index is 0.0776. The average Bonchev–Trinajstić information content (AvgIpc) is 2.74. The highest BCUT2D eigenvalue weighted by Gasteiger charge is 2.35. The molecule has 0 unspecified atom stereocenters. The zero-order chi connectivity index (χ0) is 22.1. The van der Waals surface area contributed by atoms with Gasteiger partial charge < -0.3 is 26.0 Å². The van der Waals surface area contributed by atoms with Crippen molar-refractivity contribution in [2.24, 2.45) is 0 Å². The number of nitrogens with one attached hydrogen (secondary N) is 2. The molecule has 2 aromatic rings. The summed E-state index contributed by atoms with van der Waals surface area (Å²) < 4.78 is 5.33. The van der Waals surface area contributed by atoms with Crippen molar-refractivity contribution in [1.29, 1.82) is 0 Å². The van der Waals surface area contributed by atoms with Gasteiger partial charge in [0.1, 0.15) is 11.6 Å². The summed E-state index contributed by atoms with van der Waals surface area (Å²) in [5.74, 6) is -1.02. The van der Waals surface area contributed by atoms with Gasteiger partial charge in [-0.3, -0.25) is 19.7 Å². The zero-order valence-electron chi connectivity index (χ0n) is 16.8. The van der Waals surface area contributed by atoms with Gasteiger partial charge in [-0.05, 0) is 18.6 Å². The maximum atomic E-state index is 13.0. The van der Waals surface area contributed by atoms with Gasteiger partial charge in [0, 0.05) is 37.3 Å². The van der Waals surface area contributed by atoms with Crippen LogP contribution in [0.3, 0.4) is 0 Å². The van der Waals surface area contributed by atoms with E-state index >= 15 is 0 Å². The van der Waals surface area contributed by atoms with Crippen molar-refractivity contribution in [2.75, 3.05) is 47.6 Å². The summed E-state index contributed by atoms with van der Waals surface area (Å²) >= 11 is 0. The van der Waals surface area contributed by atoms with Crippen molar-refractivity contribution in [1.82, 2.24) is 9.97 Å². The number of aromatic nitrogens is 2. The summed E-state index contributed by atoms with van der Waals surface area (Å²) in [6.45, 7) is 3.90. The van der Waals surface area contributed by atoms with Gasteiger partial charge in [0.2, 0.25) is 17.8 Å². The van der Waals surface area contributed by atoms with Gasteiger partial charge in [-0.1, -0.05) is 0 Å². The van der Waals surface area contributed by atoms with Crippen molar-refractivity contribution in [3.63, 3.8) is 0 Å². The summed E-state index contributed by atoms with van der Waals surface area (Å²) in [6.07, 6.45) is -0.116. The highest BCUT2D eigenvalue weighted by atomic mass is 16.6. The lowest BCUT2D eigenvalue weighted by Crippen LogP contribution is -2.38. The number of carbonyl (C=O) groups excluding carboxylic acids is 2. The molecule has 4 rings (SSSR count). The lowest BCUT2D eigenvalue weighted by molar-refractivity contribution is -0.384. The fourth-order valence-electron chi connectivity index (χ4n) is 3.63. The number of fused-ring (bicyclic) bond motifs is 1. The third-order valence-electron chi connectivity index (χ3n) is 5.25. The first-order valence-corrected chi connectivity index (χ1v) is 9.69. The number of nitrogen functional groups attached to an aromatic ring is 1. The number of benzene rings is 1. The number of amides is 2. The summed E-state index contributed by atoms with van der Waals surface area (Å²) in [7, 11) is 0. The van der Waals surface area contributed by atoms with Crippen molar-refractivity contribution in [3.8, 4) is 0 Å². The summed E-state index contributed by atoms with van der Waals surface area (Å²) in [5, 5.41) is 16.3. The van der Waals surface area contributed by atoms with E-state index < -0.39 is 16.7 Å². The Morgan fingerprint density at radius 1 is 1.35 bits per heavy atom. The van der Waals surface area contributed by atoms with E-state index in [2.05, 4.69) is 20.6 Å². The Bertz CT molecular complexity index is 1070. The van der Waals surface area contributed by atoms with E-state index in [0.29, 0.717) is 49.1 Å². The van der Waals surface area contributed by atoms with Crippen LogP contribution in [0.2, 0.25) is 0 Å². The molecule has 1 aromatic heterocycles. The first-order chi connectivity index (χ1) is 14.8. The number of nitro groups is 1. The Morgan fingerprint density at radius 2 is 2.10 bits per heavy atom. The monoisotopic (exact) mass is 427 g/mol. The van der Waals surface area contributed by atoms with Gasteiger partial charge in [-0.2, -0.15) is 9.97 Å². The number of hydrogen-bond donors (Lipinski definition) is 3. The fourth-order valence-corrected chi connectivity index (χ4v) is 3.63. The third-order valence-corrected chi connectivity index (χ3v) is 5.25. The van der Waals surface area contributed by atoms with Crippen LogP contribution in [0.1, 0.15) is 23.5 Å². The molecule has 162 valence electrons. The normalized spacial score (nSPS) is 18.2. The second-order valence-electron chi connectivity index (χ2n) is 7.32. The van der Waals surface area contributed by atoms with Gasteiger partial charge in [-0.25, -0.2) is 0 Å². The van der Waals surface area contributed by atoms with E-state index in [0.717, 1.165) is 0 Å². The summed E-state index contributed by atoms with van der Waals surface area (Å²) in [5.41, 5.74) is 7.39. The smallest absolute Gasteiger partial charge is 0.269 e. The van der Waals surface area contributed by atoms with Crippen LogP contribution in [0.25, 0.3) is 0 Å². The zero-order valence-corrected chi connectivity index (χ0v) is 16.8. The topological polar surface area (TPSA) is 166 Å². The van der Waals surface area contributed by atoms with Crippen molar-refractivity contribution < 1.29 is 19.2 Å². The number of rotatable bonds is 4. The molecule has 4 N–H and O–H groups in total. The second-order valence-corrected chi connectivity index (χ2v) is 7.32. The first kappa shape index (κ1) is 20.5. The molecule has 1 atom stereocenters. The van der Waals surface area contributed by atoms with E-state index in [1.165, 1.54) is 18.2 Å². The van der Waals surface area contributed by atoms with Crippen LogP contribution >= 0.6 is 0 Å². The van der Waals surface area contributed by atoms with Crippen LogP contribution in [-0.2, 0) is 14.3 Å². The molecule has 2 aliphatic rings. The number of anilines is 4. The Balaban J connectivity index is 1.62. The van der Waals surface area contributed by atoms with Crippen LogP contribution < -0.4 is 21.3 Å². The van der Waals surface area contributed by atoms with Gasteiger partial charge in [0.15, 0.2) is 0 Å². The average molecular weight is 427 g/mol. The van der Waals surface area contributed by atoms with E-state index in [4.69, 9.17) is 10.5 Å². The number of nitro benzene ring substituents is 1. The largest absolute Gasteiger partial charge is 0.383 e. The minimum atomic E-state index is -0.892. The number of non-ortho nitro benzene ring substituents is 1. The Kier molecular flexibility index (Phi) is 5.38. The van der Waals surface area contributed by atoms with Crippen LogP contribution in [0.15, 0.2) is 18.2 Å². The number of hydrogen-bond acceptors (Lipinski definition) is 9. The van der Waals surface area contributed by atoms with E-state index in [1.54, 1.807) is 6.92 Å². The molecule has 1 aromatic carbocycles. The molecule has 3 heterocycles. The third kappa shape index (κ3) is 4.10. The molecule has 31 heavy (non-hydrogen) atoms. The summed E-state index contributed by atoms with van der Waals surface area (Å²) in [4.78, 5) is 46.4. The molecule has 2 amide bonds. The van der Waals surface area contributed by atoms with Crippen molar-refractivity contribution in [2.45, 2.75) is 19.3 Å². The minimum Gasteiger partial charge on any atom is -0.383 e. The highest BCUT2D eigenvalue weighted by molar-refractivity contribution is 6.05.